The number of anilines is 2. The molecule has 5 N–H and O–H groups in total. The summed E-state index contributed by atoms with van der Waals surface area (Å²) < 4.78 is 14.4. The number of nitrogens with two attached hydrogens (primary N) is 2. The maximum Gasteiger partial charge on any atom is 0.569 e. The van der Waals surface area contributed by atoms with Crippen LogP contribution in [0.5, 0.6) is 5.75 Å². The molecule has 3 aromatic heterocycles. The van der Waals surface area contributed by atoms with Gasteiger partial charge in [-0.25, -0.2) is 0 Å². The van der Waals surface area contributed by atoms with Crippen LogP contribution in [0.15, 0.2) is 173 Å². The third kappa shape index (κ3) is 7.73. The number of halogens is 2. The molecular formula is C49H36BBr2N2O2S3. The van der Waals surface area contributed by atoms with Crippen molar-refractivity contribution in [3.8, 4) is 28.0 Å². The van der Waals surface area contributed by atoms with E-state index < -0.39 is 0 Å². The molecular weight excluding hydrogens is 915 g/mol. The number of thiophene rings is 3. The van der Waals surface area contributed by atoms with Crippen molar-refractivity contribution in [3.63, 3.8) is 0 Å². The van der Waals surface area contributed by atoms with E-state index in [4.69, 9.17) is 21.1 Å². The predicted octanol–water partition coefficient (Wildman–Crippen LogP) is 15.7. The van der Waals surface area contributed by atoms with Crippen molar-refractivity contribution in [1.29, 1.82) is 0 Å². The van der Waals surface area contributed by atoms with Crippen molar-refractivity contribution < 1.29 is 9.68 Å². The molecule has 10 heteroatoms. The summed E-state index contributed by atoms with van der Waals surface area (Å²) >= 11 is 11.9. The molecule has 3 heterocycles. The molecule has 0 fully saturated rings. The molecule has 0 aliphatic heterocycles. The quantitative estimate of drug-likeness (QED) is 0.121. The molecule has 0 aliphatic carbocycles. The van der Waals surface area contributed by atoms with Crippen LogP contribution in [0.25, 0.3) is 82.8 Å². The molecule has 8 aromatic carbocycles. The molecule has 0 atom stereocenters. The van der Waals surface area contributed by atoms with Crippen LogP contribution in [0.1, 0.15) is 7.43 Å². The third-order valence-electron chi connectivity index (χ3n) is 10.0. The van der Waals surface area contributed by atoms with Crippen molar-refractivity contribution in [2.45, 2.75) is 7.43 Å². The van der Waals surface area contributed by atoms with E-state index in [1.807, 2.05) is 65.1 Å². The second-order valence-corrected chi connectivity index (χ2v) is 18.3. The number of nitrogen functional groups attached to an aromatic ring is 2. The summed E-state index contributed by atoms with van der Waals surface area (Å²) in [5.41, 5.74) is 18.7. The Morgan fingerprint density at radius 1 is 0.407 bits per heavy atom. The molecule has 1 radical (unpaired) electrons. The van der Waals surface area contributed by atoms with Gasteiger partial charge in [-0.3, -0.25) is 0 Å². The Kier molecular flexibility index (Phi) is 12.1. The molecule has 0 bridgehead atoms. The van der Waals surface area contributed by atoms with E-state index in [9.17, 15) is 0 Å². The zero-order valence-electron chi connectivity index (χ0n) is 30.7. The second kappa shape index (κ2) is 17.6. The highest BCUT2D eigenvalue weighted by atomic mass is 79.9. The van der Waals surface area contributed by atoms with Crippen LogP contribution in [0.3, 0.4) is 0 Å². The minimum Gasteiger partial charge on any atom is -0.536 e. The lowest BCUT2D eigenvalue weighted by Gasteiger charge is -2.13. The van der Waals surface area contributed by atoms with E-state index in [2.05, 4.69) is 153 Å². The van der Waals surface area contributed by atoms with Gasteiger partial charge in [-0.15, -0.1) is 34.0 Å². The van der Waals surface area contributed by atoms with Crippen LogP contribution in [0, 0.1) is 0 Å². The summed E-state index contributed by atoms with van der Waals surface area (Å²) in [4.78, 5) is 0. The maximum absolute atomic E-state index is 8.71. The van der Waals surface area contributed by atoms with Gasteiger partial charge in [0.2, 0.25) is 0 Å². The first-order valence-electron chi connectivity index (χ1n) is 18.3. The van der Waals surface area contributed by atoms with E-state index in [1.165, 1.54) is 66.9 Å². The summed E-state index contributed by atoms with van der Waals surface area (Å²) in [6.45, 7) is 0. The van der Waals surface area contributed by atoms with Gasteiger partial charge in [-0.1, -0.05) is 135 Å². The monoisotopic (exact) mass is 949 g/mol. The van der Waals surface area contributed by atoms with Crippen molar-refractivity contribution in [1.82, 2.24) is 0 Å². The Morgan fingerprint density at radius 2 is 0.763 bits per heavy atom. The van der Waals surface area contributed by atoms with Gasteiger partial charge in [-0.2, -0.15) is 0 Å². The molecule has 11 rings (SSSR count). The highest BCUT2D eigenvalue weighted by Crippen LogP contribution is 2.46. The lowest BCUT2D eigenvalue weighted by molar-refractivity contribution is 0.457. The lowest BCUT2D eigenvalue weighted by Crippen LogP contribution is -1.99. The zero-order valence-corrected chi connectivity index (χ0v) is 36.3. The fraction of sp³-hybridized carbons (Fsp3) is 0.0204. The molecule has 0 aliphatic rings. The van der Waals surface area contributed by atoms with Gasteiger partial charge in [0.15, 0.2) is 0 Å². The SMILES string of the molecule is C.Nc1c(-c2cccc3c2sc2ccccc23)cccc1-c1cccc2c1sc1ccccc12.Nc1c(Br)cccc1Br.O[B]Oc1cccc2c1sc1ccccc12. The summed E-state index contributed by atoms with van der Waals surface area (Å²) in [6, 6.07) is 56.7. The molecule has 289 valence electrons. The normalized spacial score (nSPS) is 11.0. The Balaban J connectivity index is 0.000000154. The minimum absolute atomic E-state index is 0. The molecule has 11 aromatic rings. The third-order valence-corrected chi connectivity index (χ3v) is 15.1. The van der Waals surface area contributed by atoms with Crippen molar-refractivity contribution in [2.75, 3.05) is 11.5 Å². The van der Waals surface area contributed by atoms with E-state index in [-0.39, 0.29) is 7.43 Å². The molecule has 0 saturated carbocycles. The summed E-state index contributed by atoms with van der Waals surface area (Å²) in [5.74, 6) is 0.696. The molecule has 59 heavy (non-hydrogen) atoms. The smallest absolute Gasteiger partial charge is 0.536 e. The van der Waals surface area contributed by atoms with E-state index in [1.54, 1.807) is 11.3 Å². The second-order valence-electron chi connectivity index (χ2n) is 13.4. The van der Waals surface area contributed by atoms with Gasteiger partial charge in [0.1, 0.15) is 5.75 Å². The number of hydrogen-bond donors (Lipinski definition) is 3. The van der Waals surface area contributed by atoms with Crippen molar-refractivity contribution in [3.05, 3.63) is 173 Å². The van der Waals surface area contributed by atoms with Crippen molar-refractivity contribution in [2.24, 2.45) is 0 Å². The fourth-order valence-electron chi connectivity index (χ4n) is 7.34. The maximum atomic E-state index is 8.71. The van der Waals surface area contributed by atoms with E-state index >= 15 is 0 Å². The average Bonchev–Trinajstić information content (AvgIpc) is 3.96. The van der Waals surface area contributed by atoms with E-state index in [0.29, 0.717) is 5.75 Å². The molecule has 0 saturated heterocycles. The first kappa shape index (κ1) is 40.6. The Bertz CT molecular complexity index is 3130. The molecule has 0 spiro atoms. The van der Waals surface area contributed by atoms with Crippen LogP contribution >= 0.6 is 65.9 Å². The van der Waals surface area contributed by atoms with Crippen LogP contribution in [0.4, 0.5) is 11.4 Å². The van der Waals surface area contributed by atoms with Crippen LogP contribution in [0.2, 0.25) is 0 Å². The van der Waals surface area contributed by atoms with E-state index in [0.717, 1.165) is 43.8 Å². The van der Waals surface area contributed by atoms with Gasteiger partial charge in [-0.05, 0) is 68.3 Å². The largest absolute Gasteiger partial charge is 0.569 e. The summed E-state index contributed by atoms with van der Waals surface area (Å²) in [5, 5.41) is 16.3. The average molecular weight is 952 g/mol. The number of hydrogen-bond acceptors (Lipinski definition) is 7. The first-order chi connectivity index (χ1) is 28.4. The number of fused-ring (bicyclic) bond motifs is 9. The Morgan fingerprint density at radius 3 is 1.22 bits per heavy atom. The summed E-state index contributed by atoms with van der Waals surface area (Å²) in [6.07, 6.45) is 0. The highest BCUT2D eigenvalue weighted by Gasteiger charge is 2.17. The minimum atomic E-state index is 0. The zero-order chi connectivity index (χ0) is 39.8. The van der Waals surface area contributed by atoms with Crippen LogP contribution < -0.4 is 16.1 Å². The first-order valence-corrected chi connectivity index (χ1v) is 22.4. The standard InChI is InChI=1S/C30H19NS2.C12H8BO2S.C6H5Br2N.CH4/c31-28-20(24-14-6-12-22-18-8-1-3-16-26(18)32-29(22)24)10-5-11-21(28)25-15-7-13-23-19-9-2-4-17-27(19)33-30(23)25;14-13-15-10-6-3-5-9-8-4-1-2-7-11(8)16-12(9)10;7-4-2-1-3-5(8)6(4)9;/h1-17H,31H2;1-7,14H;1-3H,9H2;1H4. The highest BCUT2D eigenvalue weighted by molar-refractivity contribution is 9.11. The Hall–Kier alpha value is -5.20. The topological polar surface area (TPSA) is 81.5 Å². The summed E-state index contributed by atoms with van der Waals surface area (Å²) in [7, 11) is 0.721. The number of rotatable bonds is 4. The van der Waals surface area contributed by atoms with Crippen LogP contribution in [-0.4, -0.2) is 12.7 Å². The van der Waals surface area contributed by atoms with Gasteiger partial charge < -0.3 is 21.1 Å². The lowest BCUT2D eigenvalue weighted by atomic mass is 9.94. The molecule has 0 unspecified atom stereocenters. The number of benzene rings is 8. The van der Waals surface area contributed by atoms with Gasteiger partial charge in [0.05, 0.1) is 10.4 Å². The molecule has 4 nitrogen and oxygen atoms in total. The van der Waals surface area contributed by atoms with Gasteiger partial charge >= 0.3 is 7.69 Å². The fourth-order valence-corrected chi connectivity index (χ4v) is 12.0. The number of para-hydroxylation sites is 2. The molecule has 0 amide bonds. The predicted molar refractivity (Wildman–Crippen MR) is 268 cm³/mol. The Labute approximate surface area is 371 Å². The van der Waals surface area contributed by atoms with Crippen LogP contribution in [-0.2, 0) is 0 Å². The van der Waals surface area contributed by atoms with Gasteiger partial charge in [0.25, 0.3) is 0 Å². The van der Waals surface area contributed by atoms with Gasteiger partial charge in [0, 0.05) is 92.7 Å². The van der Waals surface area contributed by atoms with Crippen molar-refractivity contribution >= 4 is 145 Å².